The molecule has 3 heterocycles. The molecule has 0 bridgehead atoms. The fraction of sp³-hybridized carbons (Fsp3) is 0.273. The number of aromatic amines is 2. The summed E-state index contributed by atoms with van der Waals surface area (Å²) in [5, 5.41) is 14.9. The predicted molar refractivity (Wildman–Crippen MR) is 127 cm³/mol. The normalized spacial score (nSPS) is 15.3. The van der Waals surface area contributed by atoms with E-state index in [0.717, 1.165) is 12.8 Å². The van der Waals surface area contributed by atoms with Gasteiger partial charge in [-0.2, -0.15) is 9.61 Å². The van der Waals surface area contributed by atoms with Gasteiger partial charge >= 0.3 is 5.69 Å². The van der Waals surface area contributed by atoms with Crippen molar-refractivity contribution in [2.45, 2.75) is 32.2 Å². The van der Waals surface area contributed by atoms with Crippen LogP contribution in [-0.4, -0.2) is 49.9 Å². The molecule has 1 aliphatic rings. The van der Waals surface area contributed by atoms with Gasteiger partial charge in [-0.3, -0.25) is 14.7 Å². The summed E-state index contributed by atoms with van der Waals surface area (Å²) in [5.74, 6) is -0.245. The van der Waals surface area contributed by atoms with Crippen LogP contribution < -0.4 is 21.1 Å². The minimum absolute atomic E-state index is 0.0367. The largest absolute Gasteiger partial charge is 0.493 e. The van der Waals surface area contributed by atoms with E-state index in [1.807, 2.05) is 19.1 Å². The van der Waals surface area contributed by atoms with Gasteiger partial charge in [0.25, 0.3) is 0 Å². The van der Waals surface area contributed by atoms with Crippen molar-refractivity contribution in [1.82, 2.24) is 24.6 Å². The summed E-state index contributed by atoms with van der Waals surface area (Å²) >= 11 is 0. The average molecular weight is 482 g/mol. The first-order valence-electron chi connectivity index (χ1n) is 10.9. The molecule has 1 fully saturated rings. The fourth-order valence-corrected chi connectivity index (χ4v) is 4.71. The molecule has 0 unspecified atom stereocenters. The average Bonchev–Trinajstić information content (AvgIpc) is 3.41. The molecule has 12 heteroatoms. The number of H-pyrrole nitrogens is 2. The van der Waals surface area contributed by atoms with Crippen molar-refractivity contribution in [3.05, 3.63) is 63.4 Å². The third kappa shape index (κ3) is 4.57. The summed E-state index contributed by atoms with van der Waals surface area (Å²) in [5.41, 5.74) is 2.52. The highest BCUT2D eigenvalue weighted by atomic mass is 32.2. The topological polar surface area (TPSA) is 158 Å². The monoisotopic (exact) mass is 481 g/mol. The molecule has 1 aromatic carbocycles. The number of nitrogens with one attached hydrogen (secondary N) is 3. The van der Waals surface area contributed by atoms with Crippen LogP contribution >= 0.6 is 0 Å². The minimum atomic E-state index is -3.43. The van der Waals surface area contributed by atoms with Crippen molar-refractivity contribution in [2.24, 2.45) is 4.99 Å². The second kappa shape index (κ2) is 8.45. The van der Waals surface area contributed by atoms with E-state index in [1.54, 1.807) is 35.0 Å². The number of rotatable bonds is 7. The zero-order valence-corrected chi connectivity index (χ0v) is 19.1. The van der Waals surface area contributed by atoms with Gasteiger partial charge in [0.05, 0.1) is 23.7 Å². The molecule has 5 rings (SSSR count). The Morgan fingerprint density at radius 1 is 1.29 bits per heavy atom. The third-order valence-corrected chi connectivity index (χ3v) is 6.77. The van der Waals surface area contributed by atoms with Crippen LogP contribution in [0.1, 0.15) is 31.9 Å². The maximum Gasteiger partial charge on any atom is 0.326 e. The first kappa shape index (κ1) is 21.9. The van der Waals surface area contributed by atoms with Gasteiger partial charge in [-0.25, -0.2) is 18.2 Å². The zero-order valence-electron chi connectivity index (χ0n) is 18.3. The summed E-state index contributed by atoms with van der Waals surface area (Å²) in [6, 6.07) is 9.06. The minimum Gasteiger partial charge on any atom is -0.493 e. The number of nitrogens with zero attached hydrogens (tertiary/aromatic N) is 4. The SMILES string of the molecule is CCCS(=O)(=O)Nc1cccc(-c2cc(=NC3CC3)n3ncc(=Cc4[nH]c(=O)[nH]c4O)c3n2)c1. The molecular weight excluding hydrogens is 458 g/mol. The maximum atomic E-state index is 12.2. The van der Waals surface area contributed by atoms with Crippen molar-refractivity contribution >= 4 is 27.4 Å². The zero-order chi connectivity index (χ0) is 23.9. The van der Waals surface area contributed by atoms with Crippen molar-refractivity contribution in [2.75, 3.05) is 10.5 Å². The summed E-state index contributed by atoms with van der Waals surface area (Å²) in [4.78, 5) is 25.8. The molecular formula is C22H23N7O4S. The van der Waals surface area contributed by atoms with Crippen molar-refractivity contribution in [3.63, 3.8) is 0 Å². The van der Waals surface area contributed by atoms with Gasteiger partial charge in [0.15, 0.2) is 11.1 Å². The van der Waals surface area contributed by atoms with Gasteiger partial charge in [-0.1, -0.05) is 19.1 Å². The number of aromatic hydroxyl groups is 1. The summed E-state index contributed by atoms with van der Waals surface area (Å²) in [6.45, 7) is 1.81. The molecule has 1 saturated carbocycles. The molecule has 0 saturated heterocycles. The number of sulfonamides is 1. The molecule has 176 valence electrons. The first-order valence-corrected chi connectivity index (χ1v) is 12.5. The number of aromatic nitrogens is 5. The van der Waals surface area contributed by atoms with Gasteiger partial charge < -0.3 is 10.1 Å². The molecule has 1 aliphatic carbocycles. The molecule has 34 heavy (non-hydrogen) atoms. The number of anilines is 1. The van der Waals surface area contributed by atoms with E-state index in [2.05, 4.69) is 19.8 Å². The van der Waals surface area contributed by atoms with Crippen molar-refractivity contribution < 1.29 is 13.5 Å². The van der Waals surface area contributed by atoms with E-state index in [4.69, 9.17) is 9.98 Å². The van der Waals surface area contributed by atoms with E-state index in [9.17, 15) is 18.3 Å². The van der Waals surface area contributed by atoms with Crippen LogP contribution in [0.15, 0.2) is 46.3 Å². The van der Waals surface area contributed by atoms with Gasteiger partial charge in [-0.15, -0.1) is 0 Å². The lowest BCUT2D eigenvalue weighted by Gasteiger charge is -2.09. The Labute approximate surface area is 194 Å². The molecule has 4 N–H and O–H groups in total. The number of imidazole rings is 1. The molecule has 11 nitrogen and oxygen atoms in total. The molecule has 0 aliphatic heterocycles. The molecule has 3 aromatic heterocycles. The standard InChI is InChI=1S/C22H23N7O4S/c1-2-8-34(32,33)28-16-5-3-4-13(9-16)17-11-19(24-15-6-7-15)29-20(25-17)14(12-23-29)10-18-21(30)27-22(31)26-18/h3-5,9-12,15,28,30H,2,6-8H2,1H3,(H2,26,27,31). The Balaban J connectivity index is 1.66. The van der Waals surface area contributed by atoms with Gasteiger partial charge in [-0.05, 0) is 37.5 Å². The van der Waals surface area contributed by atoms with Crippen LogP contribution in [0.25, 0.3) is 23.0 Å². The third-order valence-electron chi connectivity index (χ3n) is 5.28. The lowest BCUT2D eigenvalue weighted by atomic mass is 10.1. The highest BCUT2D eigenvalue weighted by Crippen LogP contribution is 2.24. The molecule has 0 atom stereocenters. The lowest BCUT2D eigenvalue weighted by Crippen LogP contribution is -2.19. The van der Waals surface area contributed by atoms with Gasteiger partial charge in [0.2, 0.25) is 15.9 Å². The van der Waals surface area contributed by atoms with Gasteiger partial charge in [0.1, 0.15) is 5.69 Å². The maximum absolute atomic E-state index is 12.2. The van der Waals surface area contributed by atoms with E-state index in [1.165, 1.54) is 0 Å². The van der Waals surface area contributed by atoms with E-state index >= 15 is 0 Å². The number of fused-ring (bicyclic) bond motifs is 1. The second-order valence-corrected chi connectivity index (χ2v) is 10.0. The van der Waals surface area contributed by atoms with Gasteiger partial charge in [0, 0.05) is 22.5 Å². The Bertz CT molecular complexity index is 1660. The summed E-state index contributed by atoms with van der Waals surface area (Å²) in [7, 11) is -3.43. The molecule has 0 amide bonds. The Morgan fingerprint density at radius 2 is 2.12 bits per heavy atom. The molecule has 0 spiro atoms. The molecule has 4 aromatic rings. The number of benzene rings is 1. The Hall–Kier alpha value is -3.93. The Kier molecular flexibility index (Phi) is 5.44. The highest BCUT2D eigenvalue weighted by molar-refractivity contribution is 7.92. The van der Waals surface area contributed by atoms with Crippen LogP contribution in [-0.2, 0) is 10.0 Å². The second-order valence-electron chi connectivity index (χ2n) is 8.18. The van der Waals surface area contributed by atoms with Crippen LogP contribution in [0.4, 0.5) is 5.69 Å². The van der Waals surface area contributed by atoms with E-state index in [-0.39, 0.29) is 23.4 Å². The molecule has 0 radical (unpaired) electrons. The van der Waals surface area contributed by atoms with E-state index in [0.29, 0.717) is 39.7 Å². The summed E-state index contributed by atoms with van der Waals surface area (Å²) in [6.07, 6.45) is 5.68. The fourth-order valence-electron chi connectivity index (χ4n) is 3.59. The smallest absolute Gasteiger partial charge is 0.326 e. The number of hydrogen-bond acceptors (Lipinski definition) is 7. The predicted octanol–water partition coefficient (Wildman–Crippen LogP) is 0.881. The van der Waals surface area contributed by atoms with Crippen molar-refractivity contribution in [3.8, 4) is 17.1 Å². The lowest BCUT2D eigenvalue weighted by molar-refractivity contribution is 0.454. The Morgan fingerprint density at radius 3 is 2.82 bits per heavy atom. The van der Waals surface area contributed by atoms with Crippen molar-refractivity contribution in [1.29, 1.82) is 0 Å². The van der Waals surface area contributed by atoms with Crippen LogP contribution in [0.2, 0.25) is 0 Å². The summed E-state index contributed by atoms with van der Waals surface area (Å²) < 4.78 is 28.6. The van der Waals surface area contributed by atoms with Crippen LogP contribution in [0, 0.1) is 0 Å². The number of hydrogen-bond donors (Lipinski definition) is 4. The highest BCUT2D eigenvalue weighted by Gasteiger charge is 2.20. The van der Waals surface area contributed by atoms with E-state index < -0.39 is 15.7 Å². The quantitative estimate of drug-likeness (QED) is 0.307. The first-order chi connectivity index (χ1) is 16.3. The van der Waals surface area contributed by atoms with Crippen LogP contribution in [0.5, 0.6) is 5.88 Å². The van der Waals surface area contributed by atoms with Crippen LogP contribution in [0.3, 0.4) is 0 Å².